The van der Waals surface area contributed by atoms with E-state index in [4.69, 9.17) is 4.74 Å². The first-order chi connectivity index (χ1) is 12.1. The Morgan fingerprint density at radius 3 is 2.41 bits per heavy atom. The molecule has 1 heterocycles. The van der Waals surface area contributed by atoms with E-state index in [2.05, 4.69) is 13.8 Å². The van der Waals surface area contributed by atoms with Gasteiger partial charge in [0.25, 0.3) is 0 Å². The van der Waals surface area contributed by atoms with Crippen molar-refractivity contribution in [1.29, 1.82) is 0 Å². The Labute approximate surface area is 161 Å². The van der Waals surface area contributed by atoms with Gasteiger partial charge in [0.1, 0.15) is 0 Å². The highest BCUT2D eigenvalue weighted by Gasteiger charge is 2.68. The number of carboxylic acids is 1. The van der Waals surface area contributed by atoms with E-state index in [9.17, 15) is 25.2 Å². The maximum atomic E-state index is 11.3. The van der Waals surface area contributed by atoms with Gasteiger partial charge < -0.3 is 35.4 Å². The zero-order chi connectivity index (χ0) is 19.4. The van der Waals surface area contributed by atoms with Gasteiger partial charge in [-0.15, -0.1) is 0 Å². The Balaban J connectivity index is 0.00000261. The zero-order valence-electron chi connectivity index (χ0n) is 16.7. The number of ether oxygens (including phenoxy) is 1. The van der Waals surface area contributed by atoms with Crippen LogP contribution in [0.1, 0.15) is 59.3 Å². The van der Waals surface area contributed by atoms with Crippen LogP contribution in [0, 0.1) is 28.1 Å². The van der Waals surface area contributed by atoms with Crippen molar-refractivity contribution in [2.75, 3.05) is 19.8 Å². The Bertz CT molecular complexity index is 569. The first kappa shape index (κ1) is 22.6. The highest BCUT2D eigenvalue weighted by molar-refractivity contribution is 5.65. The number of carbonyl (C=O) groups is 1. The van der Waals surface area contributed by atoms with Crippen molar-refractivity contribution in [3.8, 4) is 0 Å². The van der Waals surface area contributed by atoms with Crippen LogP contribution < -0.4 is 5.11 Å². The number of carbonyl (C=O) groups excluding carboxylic acids is 1. The summed E-state index contributed by atoms with van der Waals surface area (Å²) in [4.78, 5) is 11.3. The molecule has 7 atom stereocenters. The van der Waals surface area contributed by atoms with Crippen LogP contribution in [0.3, 0.4) is 0 Å². The van der Waals surface area contributed by atoms with Gasteiger partial charge in [-0.05, 0) is 50.4 Å². The molecule has 3 rings (SSSR count). The SMILES string of the molecule is C[C@@H]1CCC2[C@](C)(CO)[C@@H](O)CC[C@]2(C)[C@@]12C[C@](CO)(CC(=O)[O-])CO2.O. The van der Waals surface area contributed by atoms with Crippen molar-refractivity contribution >= 4 is 5.97 Å². The topological polar surface area (TPSA) is 142 Å². The molecule has 0 aromatic rings. The minimum absolute atomic E-state index is 0. The molecule has 0 aromatic heterocycles. The van der Waals surface area contributed by atoms with Crippen molar-refractivity contribution in [2.45, 2.75) is 71.0 Å². The lowest BCUT2D eigenvalue weighted by Crippen LogP contribution is -2.66. The van der Waals surface area contributed by atoms with Crippen LogP contribution in [0.2, 0.25) is 0 Å². The molecule has 5 N–H and O–H groups in total. The van der Waals surface area contributed by atoms with Crippen molar-refractivity contribution < 1.29 is 35.4 Å². The van der Waals surface area contributed by atoms with E-state index in [1.54, 1.807) is 0 Å². The summed E-state index contributed by atoms with van der Waals surface area (Å²) in [6.45, 7) is 6.18. The molecule has 1 spiro atoms. The minimum atomic E-state index is -1.16. The lowest BCUT2D eigenvalue weighted by atomic mass is 9.43. The summed E-state index contributed by atoms with van der Waals surface area (Å²) in [6.07, 6.45) is 2.89. The van der Waals surface area contributed by atoms with Gasteiger partial charge in [-0.3, -0.25) is 0 Å². The zero-order valence-corrected chi connectivity index (χ0v) is 16.7. The molecule has 0 radical (unpaired) electrons. The van der Waals surface area contributed by atoms with Crippen LogP contribution in [0.5, 0.6) is 0 Å². The molecule has 1 saturated heterocycles. The quantitative estimate of drug-likeness (QED) is 0.602. The summed E-state index contributed by atoms with van der Waals surface area (Å²) in [6, 6.07) is 0. The monoisotopic (exact) mass is 387 g/mol. The summed E-state index contributed by atoms with van der Waals surface area (Å²) in [5.74, 6) is -0.862. The number of rotatable bonds is 4. The predicted octanol–water partition coefficient (Wildman–Crippen LogP) is -0.355. The van der Waals surface area contributed by atoms with E-state index in [1.807, 2.05) is 6.92 Å². The molecule has 3 aliphatic rings. The van der Waals surface area contributed by atoms with E-state index >= 15 is 0 Å². The predicted molar refractivity (Wildman–Crippen MR) is 96.5 cm³/mol. The van der Waals surface area contributed by atoms with E-state index in [1.165, 1.54) is 0 Å². The number of fused-ring (bicyclic) bond motifs is 2. The Kier molecular flexibility index (Phi) is 6.07. The molecule has 7 heteroatoms. The molecule has 0 amide bonds. The fourth-order valence-corrected chi connectivity index (χ4v) is 6.69. The third-order valence-electron chi connectivity index (χ3n) is 8.38. The molecule has 1 unspecified atom stereocenters. The van der Waals surface area contributed by atoms with Crippen molar-refractivity contribution in [3.05, 3.63) is 0 Å². The van der Waals surface area contributed by atoms with Gasteiger partial charge in [-0.1, -0.05) is 20.8 Å². The third kappa shape index (κ3) is 3.02. The van der Waals surface area contributed by atoms with Gasteiger partial charge in [0, 0.05) is 22.2 Å². The van der Waals surface area contributed by atoms with E-state index in [-0.39, 0.29) is 49.0 Å². The Morgan fingerprint density at radius 2 is 1.85 bits per heavy atom. The molecule has 2 saturated carbocycles. The molecule has 158 valence electrons. The van der Waals surface area contributed by atoms with Crippen LogP contribution in [0.4, 0.5) is 0 Å². The summed E-state index contributed by atoms with van der Waals surface area (Å²) >= 11 is 0. The van der Waals surface area contributed by atoms with Crippen molar-refractivity contribution in [3.63, 3.8) is 0 Å². The Morgan fingerprint density at radius 1 is 1.19 bits per heavy atom. The average Bonchev–Trinajstić information content (AvgIpc) is 2.98. The second-order valence-corrected chi connectivity index (χ2v) is 9.73. The first-order valence-corrected chi connectivity index (χ1v) is 9.83. The van der Waals surface area contributed by atoms with Crippen LogP contribution in [0.25, 0.3) is 0 Å². The van der Waals surface area contributed by atoms with Crippen molar-refractivity contribution in [1.82, 2.24) is 0 Å². The lowest BCUT2D eigenvalue weighted by molar-refractivity contribution is -0.308. The normalized spacial score (nSPS) is 49.5. The molecule has 2 aliphatic carbocycles. The second kappa shape index (κ2) is 7.26. The van der Waals surface area contributed by atoms with Gasteiger partial charge in [0.05, 0.1) is 31.5 Å². The summed E-state index contributed by atoms with van der Waals surface area (Å²) in [5.41, 5.74) is -2.25. The summed E-state index contributed by atoms with van der Waals surface area (Å²) in [7, 11) is 0. The number of aliphatic carboxylic acids is 1. The fraction of sp³-hybridized carbons (Fsp3) is 0.950. The first-order valence-electron chi connectivity index (χ1n) is 9.83. The van der Waals surface area contributed by atoms with Crippen LogP contribution in [-0.4, -0.2) is 58.3 Å². The van der Waals surface area contributed by atoms with Gasteiger partial charge in [-0.25, -0.2) is 0 Å². The largest absolute Gasteiger partial charge is 0.550 e. The number of aliphatic hydroxyl groups is 3. The van der Waals surface area contributed by atoms with Crippen LogP contribution in [-0.2, 0) is 9.53 Å². The van der Waals surface area contributed by atoms with E-state index in [0.29, 0.717) is 12.8 Å². The maximum Gasteiger partial charge on any atom is 0.0771 e. The number of aliphatic hydroxyl groups excluding tert-OH is 3. The van der Waals surface area contributed by atoms with E-state index in [0.717, 1.165) is 19.3 Å². The van der Waals surface area contributed by atoms with Crippen molar-refractivity contribution in [2.24, 2.45) is 28.1 Å². The average molecular weight is 387 g/mol. The highest BCUT2D eigenvalue weighted by Crippen LogP contribution is 2.67. The molecule has 0 aromatic carbocycles. The standard InChI is InChI=1S/C20H34O6.H2O/c1-13-4-5-14-17(2,10-21)15(23)6-7-18(14,3)20(13)9-19(11-22,12-26-20)8-16(24)25;/h13-15,21-23H,4-12H2,1-3H3,(H,24,25);1H2/p-1/t13-,14?,15+,17+,18+,19+,20-;/m1./s1. The molecular weight excluding hydrogens is 352 g/mol. The maximum absolute atomic E-state index is 11.3. The van der Waals surface area contributed by atoms with Gasteiger partial charge in [0.2, 0.25) is 0 Å². The summed E-state index contributed by atoms with van der Waals surface area (Å²) in [5, 5.41) is 42.0. The van der Waals surface area contributed by atoms with Crippen LogP contribution >= 0.6 is 0 Å². The lowest BCUT2D eigenvalue weighted by Gasteiger charge is -2.64. The van der Waals surface area contributed by atoms with Gasteiger partial charge >= 0.3 is 0 Å². The van der Waals surface area contributed by atoms with Gasteiger partial charge in [-0.2, -0.15) is 0 Å². The van der Waals surface area contributed by atoms with E-state index < -0.39 is 28.5 Å². The highest BCUT2D eigenvalue weighted by atomic mass is 16.5. The van der Waals surface area contributed by atoms with Crippen LogP contribution in [0.15, 0.2) is 0 Å². The molecule has 7 nitrogen and oxygen atoms in total. The fourth-order valence-electron chi connectivity index (χ4n) is 6.69. The number of hydrogen-bond donors (Lipinski definition) is 3. The third-order valence-corrected chi connectivity index (χ3v) is 8.38. The molecular formula is C20H35O7-. The molecule has 0 bridgehead atoms. The molecule has 1 aliphatic heterocycles. The number of carboxylic acid groups (broad SMARTS) is 1. The van der Waals surface area contributed by atoms with Gasteiger partial charge in [0.15, 0.2) is 0 Å². The summed E-state index contributed by atoms with van der Waals surface area (Å²) < 4.78 is 6.43. The minimum Gasteiger partial charge on any atom is -0.550 e. The molecule has 3 fully saturated rings. The molecule has 27 heavy (non-hydrogen) atoms. The Hall–Kier alpha value is -0.730. The smallest absolute Gasteiger partial charge is 0.0771 e. The second-order valence-electron chi connectivity index (χ2n) is 9.73. The number of hydrogen-bond acceptors (Lipinski definition) is 6.